The van der Waals surface area contributed by atoms with Crippen LogP contribution in [0.4, 0.5) is 0 Å². The summed E-state index contributed by atoms with van der Waals surface area (Å²) in [5, 5.41) is 9.22. The maximum absolute atomic E-state index is 11.2. The Morgan fingerprint density at radius 3 is 2.44 bits per heavy atom. The fraction of sp³-hybridized carbons (Fsp3) is 0.500. The summed E-state index contributed by atoms with van der Waals surface area (Å²) >= 11 is 3.51. The average molecular weight is 315 g/mol. The van der Waals surface area contributed by atoms with Gasteiger partial charge in [-0.15, -0.1) is 0 Å². The van der Waals surface area contributed by atoms with Crippen LogP contribution in [0.2, 0.25) is 0 Å². The second-order valence-corrected chi connectivity index (χ2v) is 6.03. The lowest BCUT2D eigenvalue weighted by Gasteiger charge is -2.23. The van der Waals surface area contributed by atoms with E-state index in [1.165, 1.54) is 0 Å². The number of methoxy groups -OCH3 is 1. The van der Waals surface area contributed by atoms with Crippen molar-refractivity contribution < 1.29 is 14.6 Å². The highest BCUT2D eigenvalue weighted by molar-refractivity contribution is 9.10. The maximum Gasteiger partial charge on any atom is 0.309 e. The summed E-state index contributed by atoms with van der Waals surface area (Å²) in [6.07, 6.45) is 0.464. The minimum Gasteiger partial charge on any atom is -0.496 e. The Morgan fingerprint density at radius 1 is 1.44 bits per heavy atom. The third kappa shape index (κ3) is 2.86. The van der Waals surface area contributed by atoms with Gasteiger partial charge in [0.05, 0.1) is 12.5 Å². The van der Waals surface area contributed by atoms with Crippen molar-refractivity contribution >= 4 is 21.9 Å². The molecule has 0 spiro atoms. The van der Waals surface area contributed by atoms with Crippen LogP contribution in [0.3, 0.4) is 0 Å². The predicted octanol–water partition coefficient (Wildman–Crippen LogP) is 3.73. The second kappa shape index (κ2) is 5.31. The molecule has 0 radical (unpaired) electrons. The highest BCUT2D eigenvalue weighted by atomic mass is 79.9. The van der Waals surface area contributed by atoms with Gasteiger partial charge in [-0.05, 0) is 56.9 Å². The van der Waals surface area contributed by atoms with Crippen LogP contribution in [0.25, 0.3) is 0 Å². The first-order chi connectivity index (χ1) is 8.20. The molecule has 0 atom stereocenters. The van der Waals surface area contributed by atoms with Crippen LogP contribution in [0.1, 0.15) is 30.5 Å². The summed E-state index contributed by atoms with van der Waals surface area (Å²) in [6.45, 7) is 7.40. The molecule has 0 saturated heterocycles. The normalized spacial score (nSPS) is 11.4. The van der Waals surface area contributed by atoms with Gasteiger partial charge < -0.3 is 9.84 Å². The first-order valence-electron chi connectivity index (χ1n) is 5.76. The van der Waals surface area contributed by atoms with Crippen molar-refractivity contribution in [2.24, 2.45) is 5.41 Å². The molecule has 0 heterocycles. The number of hydrogen-bond acceptors (Lipinski definition) is 2. The number of carboxylic acids is 1. The Bertz CT molecular complexity index is 478. The molecular formula is C14H19BrO3. The Labute approximate surface area is 116 Å². The molecule has 0 aliphatic rings. The van der Waals surface area contributed by atoms with Crippen molar-refractivity contribution in [3.63, 3.8) is 0 Å². The number of carbonyl (C=O) groups is 1. The van der Waals surface area contributed by atoms with Crippen LogP contribution in [0.5, 0.6) is 5.75 Å². The lowest BCUT2D eigenvalue weighted by atomic mass is 9.84. The summed E-state index contributed by atoms with van der Waals surface area (Å²) < 4.78 is 6.32. The number of benzene rings is 1. The SMILES string of the molecule is COc1c(C)cc(Br)c(CC(C)(C)C(=O)O)c1C. The fourth-order valence-electron chi connectivity index (χ4n) is 2.00. The summed E-state index contributed by atoms with van der Waals surface area (Å²) in [6, 6.07) is 1.97. The van der Waals surface area contributed by atoms with E-state index in [-0.39, 0.29) is 0 Å². The molecule has 0 amide bonds. The van der Waals surface area contributed by atoms with E-state index in [0.717, 1.165) is 26.9 Å². The van der Waals surface area contributed by atoms with Crippen molar-refractivity contribution in [1.82, 2.24) is 0 Å². The Kier molecular flexibility index (Phi) is 4.43. The number of hydrogen-bond donors (Lipinski definition) is 1. The minimum atomic E-state index is -0.798. The van der Waals surface area contributed by atoms with Crippen LogP contribution in [0.15, 0.2) is 10.5 Å². The van der Waals surface area contributed by atoms with Crippen LogP contribution < -0.4 is 4.74 Å². The van der Waals surface area contributed by atoms with Crippen LogP contribution in [-0.4, -0.2) is 18.2 Å². The average Bonchev–Trinajstić information content (AvgIpc) is 2.24. The lowest BCUT2D eigenvalue weighted by Crippen LogP contribution is -2.26. The summed E-state index contributed by atoms with van der Waals surface area (Å²) in [4.78, 5) is 11.2. The van der Waals surface area contributed by atoms with E-state index in [1.54, 1.807) is 21.0 Å². The number of aryl methyl sites for hydroxylation is 1. The third-order valence-electron chi connectivity index (χ3n) is 3.18. The second-order valence-electron chi connectivity index (χ2n) is 5.18. The van der Waals surface area contributed by atoms with Crippen LogP contribution in [-0.2, 0) is 11.2 Å². The molecule has 0 bridgehead atoms. The molecule has 3 nitrogen and oxygen atoms in total. The number of carboxylic acid groups (broad SMARTS) is 1. The molecule has 1 rings (SSSR count). The Balaban J connectivity index is 3.30. The number of ether oxygens (including phenoxy) is 1. The van der Waals surface area contributed by atoms with Gasteiger partial charge in [-0.3, -0.25) is 4.79 Å². The topological polar surface area (TPSA) is 46.5 Å². The number of halogens is 1. The minimum absolute atomic E-state index is 0.464. The van der Waals surface area contributed by atoms with Gasteiger partial charge in [-0.25, -0.2) is 0 Å². The molecule has 1 aromatic carbocycles. The van der Waals surface area contributed by atoms with E-state index in [2.05, 4.69) is 15.9 Å². The summed E-state index contributed by atoms with van der Waals surface area (Å²) in [7, 11) is 1.63. The van der Waals surface area contributed by atoms with E-state index in [1.807, 2.05) is 19.9 Å². The van der Waals surface area contributed by atoms with Crippen molar-refractivity contribution in [1.29, 1.82) is 0 Å². The molecular weight excluding hydrogens is 296 g/mol. The van der Waals surface area contributed by atoms with E-state index < -0.39 is 11.4 Å². The number of rotatable bonds is 4. The highest BCUT2D eigenvalue weighted by Crippen LogP contribution is 2.36. The summed E-state index contributed by atoms with van der Waals surface area (Å²) in [5.41, 5.74) is 2.23. The molecule has 18 heavy (non-hydrogen) atoms. The van der Waals surface area contributed by atoms with Gasteiger partial charge in [0, 0.05) is 4.47 Å². The molecule has 0 fully saturated rings. The zero-order valence-corrected chi connectivity index (χ0v) is 13.0. The predicted molar refractivity (Wildman–Crippen MR) is 75.3 cm³/mol. The maximum atomic E-state index is 11.2. The molecule has 1 aromatic rings. The zero-order valence-electron chi connectivity index (χ0n) is 11.4. The van der Waals surface area contributed by atoms with Crippen molar-refractivity contribution in [2.75, 3.05) is 7.11 Å². The molecule has 0 unspecified atom stereocenters. The van der Waals surface area contributed by atoms with Crippen molar-refractivity contribution in [3.8, 4) is 5.75 Å². The van der Waals surface area contributed by atoms with Crippen molar-refractivity contribution in [3.05, 3.63) is 27.2 Å². The monoisotopic (exact) mass is 314 g/mol. The molecule has 4 heteroatoms. The quantitative estimate of drug-likeness (QED) is 0.921. The van der Waals surface area contributed by atoms with Gasteiger partial charge in [-0.1, -0.05) is 15.9 Å². The van der Waals surface area contributed by atoms with Gasteiger partial charge in [0.25, 0.3) is 0 Å². The largest absolute Gasteiger partial charge is 0.496 e. The molecule has 100 valence electrons. The van der Waals surface area contributed by atoms with Crippen molar-refractivity contribution in [2.45, 2.75) is 34.1 Å². The van der Waals surface area contributed by atoms with E-state index >= 15 is 0 Å². The molecule has 0 saturated carbocycles. The van der Waals surface area contributed by atoms with Gasteiger partial charge in [-0.2, -0.15) is 0 Å². The Morgan fingerprint density at radius 2 is 2.00 bits per heavy atom. The first-order valence-corrected chi connectivity index (χ1v) is 6.56. The Hall–Kier alpha value is -1.03. The first kappa shape index (κ1) is 15.0. The van der Waals surface area contributed by atoms with Gasteiger partial charge in [0.15, 0.2) is 0 Å². The van der Waals surface area contributed by atoms with Crippen LogP contribution in [0, 0.1) is 19.3 Å². The molecule has 0 aromatic heterocycles. The molecule has 1 N–H and O–H groups in total. The van der Waals surface area contributed by atoms with E-state index in [0.29, 0.717) is 6.42 Å². The number of aliphatic carboxylic acids is 1. The lowest BCUT2D eigenvalue weighted by molar-refractivity contribution is -0.146. The van der Waals surface area contributed by atoms with E-state index in [4.69, 9.17) is 4.74 Å². The van der Waals surface area contributed by atoms with Gasteiger partial charge in [0.1, 0.15) is 5.75 Å². The van der Waals surface area contributed by atoms with Crippen LogP contribution >= 0.6 is 15.9 Å². The summed E-state index contributed by atoms with van der Waals surface area (Å²) in [5.74, 6) is 0.0303. The third-order valence-corrected chi connectivity index (χ3v) is 3.89. The molecule has 0 aliphatic carbocycles. The van der Waals surface area contributed by atoms with E-state index in [9.17, 15) is 9.90 Å². The molecule has 0 aliphatic heterocycles. The smallest absolute Gasteiger partial charge is 0.309 e. The highest BCUT2D eigenvalue weighted by Gasteiger charge is 2.29. The van der Waals surface area contributed by atoms with Gasteiger partial charge >= 0.3 is 5.97 Å². The standard InChI is InChI=1S/C14H19BrO3/c1-8-6-11(15)10(9(2)12(8)18-5)7-14(3,4)13(16)17/h6H,7H2,1-5H3,(H,16,17). The zero-order chi connectivity index (χ0) is 14.1. The fourth-order valence-corrected chi connectivity index (χ4v) is 2.78. The van der Waals surface area contributed by atoms with Gasteiger partial charge in [0.2, 0.25) is 0 Å².